The lowest BCUT2D eigenvalue weighted by Crippen LogP contribution is -2.32. The molecule has 4 rings (SSSR count). The van der Waals surface area contributed by atoms with Crippen molar-refractivity contribution in [3.63, 3.8) is 0 Å². The zero-order chi connectivity index (χ0) is 17.4. The highest BCUT2D eigenvalue weighted by Gasteiger charge is 2.37. The molecule has 0 atom stereocenters. The molecule has 0 unspecified atom stereocenters. The molecule has 5 nitrogen and oxygen atoms in total. The van der Waals surface area contributed by atoms with Gasteiger partial charge in [0.2, 0.25) is 0 Å². The minimum absolute atomic E-state index is 0.0292. The summed E-state index contributed by atoms with van der Waals surface area (Å²) in [5, 5.41) is 1.22. The molecule has 1 aliphatic rings. The number of rotatable bonds is 3. The number of amides is 3. The molecular formula is C19H14ClN3O2. The van der Waals surface area contributed by atoms with Gasteiger partial charge in [0.25, 0.3) is 5.91 Å². The van der Waals surface area contributed by atoms with E-state index in [1.165, 1.54) is 9.80 Å². The Morgan fingerprint density at radius 3 is 2.52 bits per heavy atom. The number of urea groups is 1. The Kier molecular flexibility index (Phi) is 3.86. The molecule has 1 aliphatic heterocycles. The first-order valence-corrected chi connectivity index (χ1v) is 8.22. The Hall–Kier alpha value is -2.92. The van der Waals surface area contributed by atoms with Crippen molar-refractivity contribution in [1.29, 1.82) is 0 Å². The van der Waals surface area contributed by atoms with E-state index in [0.29, 0.717) is 16.4 Å². The highest BCUT2D eigenvalue weighted by molar-refractivity contribution is 6.30. The first-order valence-electron chi connectivity index (χ1n) is 7.84. The minimum Gasteiger partial charge on any atom is -0.285 e. The van der Waals surface area contributed by atoms with E-state index in [-0.39, 0.29) is 25.0 Å². The van der Waals surface area contributed by atoms with Crippen LogP contribution in [0.1, 0.15) is 5.56 Å². The van der Waals surface area contributed by atoms with Crippen LogP contribution in [0.2, 0.25) is 5.15 Å². The first kappa shape index (κ1) is 15.6. The van der Waals surface area contributed by atoms with Crippen LogP contribution in [0.5, 0.6) is 0 Å². The van der Waals surface area contributed by atoms with E-state index < -0.39 is 0 Å². The van der Waals surface area contributed by atoms with Gasteiger partial charge in [0, 0.05) is 16.6 Å². The third-order valence-corrected chi connectivity index (χ3v) is 4.53. The van der Waals surface area contributed by atoms with Gasteiger partial charge in [-0.25, -0.2) is 9.78 Å². The van der Waals surface area contributed by atoms with E-state index in [1.54, 1.807) is 12.1 Å². The molecule has 0 bridgehead atoms. The molecule has 0 aliphatic carbocycles. The normalized spacial score (nSPS) is 14.6. The number of para-hydroxylation sites is 2. The van der Waals surface area contributed by atoms with E-state index in [0.717, 1.165) is 10.9 Å². The maximum Gasteiger partial charge on any atom is 0.332 e. The van der Waals surface area contributed by atoms with Gasteiger partial charge >= 0.3 is 6.03 Å². The Bertz CT molecular complexity index is 975. The van der Waals surface area contributed by atoms with Crippen LogP contribution in [0.15, 0.2) is 60.7 Å². The third-order valence-electron chi connectivity index (χ3n) is 4.20. The molecule has 3 amide bonds. The summed E-state index contributed by atoms with van der Waals surface area (Å²) in [4.78, 5) is 32.0. The molecule has 2 aromatic carbocycles. The van der Waals surface area contributed by atoms with Gasteiger partial charge < -0.3 is 0 Å². The topological polar surface area (TPSA) is 53.5 Å². The number of anilines is 1. The third kappa shape index (κ3) is 2.83. The number of carbonyl (C=O) groups excluding carboxylic acids is 2. The molecule has 1 fully saturated rings. The summed E-state index contributed by atoms with van der Waals surface area (Å²) in [5.74, 6) is -0.252. The molecule has 2 heterocycles. The summed E-state index contributed by atoms with van der Waals surface area (Å²) >= 11 is 6.26. The fourth-order valence-corrected chi connectivity index (χ4v) is 3.13. The molecule has 124 valence electrons. The number of aromatic nitrogens is 1. The summed E-state index contributed by atoms with van der Waals surface area (Å²) in [6, 6.07) is 18.3. The average Bonchev–Trinajstić information content (AvgIpc) is 2.91. The number of halogens is 1. The van der Waals surface area contributed by atoms with E-state index >= 15 is 0 Å². The van der Waals surface area contributed by atoms with Gasteiger partial charge in [0.05, 0.1) is 12.1 Å². The lowest BCUT2D eigenvalue weighted by Gasteiger charge is -2.17. The molecular weight excluding hydrogens is 338 g/mol. The first-order chi connectivity index (χ1) is 12.1. The summed E-state index contributed by atoms with van der Waals surface area (Å²) in [6.07, 6.45) is 0. The molecule has 6 heteroatoms. The molecule has 0 saturated carbocycles. The van der Waals surface area contributed by atoms with Crippen LogP contribution in [-0.2, 0) is 11.3 Å². The zero-order valence-electron chi connectivity index (χ0n) is 13.2. The van der Waals surface area contributed by atoms with Crippen LogP contribution in [0.3, 0.4) is 0 Å². The predicted molar refractivity (Wildman–Crippen MR) is 96.5 cm³/mol. The Balaban J connectivity index is 1.63. The number of fused-ring (bicyclic) bond motifs is 1. The second kappa shape index (κ2) is 6.18. The Morgan fingerprint density at radius 1 is 1.00 bits per heavy atom. The van der Waals surface area contributed by atoms with Crippen molar-refractivity contribution in [1.82, 2.24) is 9.88 Å². The van der Waals surface area contributed by atoms with Crippen LogP contribution in [0.4, 0.5) is 10.5 Å². The molecule has 0 N–H and O–H groups in total. The number of imide groups is 1. The van der Waals surface area contributed by atoms with Crippen molar-refractivity contribution >= 4 is 40.1 Å². The molecule has 0 radical (unpaired) electrons. The second-order valence-corrected chi connectivity index (χ2v) is 6.17. The van der Waals surface area contributed by atoms with Crippen LogP contribution < -0.4 is 4.90 Å². The largest absolute Gasteiger partial charge is 0.332 e. The summed E-state index contributed by atoms with van der Waals surface area (Å²) in [6.45, 7) is 0.138. The monoisotopic (exact) mass is 351 g/mol. The van der Waals surface area contributed by atoms with E-state index in [2.05, 4.69) is 4.98 Å². The van der Waals surface area contributed by atoms with Gasteiger partial charge in [-0.2, -0.15) is 0 Å². The van der Waals surface area contributed by atoms with Gasteiger partial charge in [-0.1, -0.05) is 48.0 Å². The number of nitrogens with zero attached hydrogens (tertiary/aromatic N) is 3. The average molecular weight is 352 g/mol. The van der Waals surface area contributed by atoms with Gasteiger partial charge in [-0.05, 0) is 24.3 Å². The molecule has 3 aromatic rings. The molecule has 25 heavy (non-hydrogen) atoms. The number of pyridine rings is 1. The van der Waals surface area contributed by atoms with Crippen LogP contribution in [-0.4, -0.2) is 28.4 Å². The fourth-order valence-electron chi connectivity index (χ4n) is 2.92. The van der Waals surface area contributed by atoms with E-state index in [9.17, 15) is 9.59 Å². The zero-order valence-corrected chi connectivity index (χ0v) is 14.0. The van der Waals surface area contributed by atoms with Crippen molar-refractivity contribution in [2.45, 2.75) is 6.54 Å². The fraction of sp³-hybridized carbons (Fsp3) is 0.105. The molecule has 0 spiro atoms. The van der Waals surface area contributed by atoms with Crippen LogP contribution >= 0.6 is 11.6 Å². The summed E-state index contributed by atoms with van der Waals surface area (Å²) in [5.41, 5.74) is 2.13. The van der Waals surface area contributed by atoms with E-state index in [4.69, 9.17) is 11.6 Å². The highest BCUT2D eigenvalue weighted by atomic mass is 35.5. The number of carbonyl (C=O) groups is 2. The van der Waals surface area contributed by atoms with Gasteiger partial charge in [0.15, 0.2) is 0 Å². The lowest BCUT2D eigenvalue weighted by molar-refractivity contribution is -0.125. The lowest BCUT2D eigenvalue weighted by atomic mass is 10.1. The van der Waals surface area contributed by atoms with Gasteiger partial charge in [-0.3, -0.25) is 14.6 Å². The maximum atomic E-state index is 12.7. The number of hydrogen-bond acceptors (Lipinski definition) is 3. The van der Waals surface area contributed by atoms with Crippen molar-refractivity contribution in [3.8, 4) is 0 Å². The van der Waals surface area contributed by atoms with Crippen molar-refractivity contribution in [3.05, 3.63) is 71.4 Å². The summed E-state index contributed by atoms with van der Waals surface area (Å²) < 4.78 is 0. The molecule has 1 saturated heterocycles. The minimum atomic E-state index is -0.347. The van der Waals surface area contributed by atoms with Gasteiger partial charge in [0.1, 0.15) is 11.7 Å². The smallest absolute Gasteiger partial charge is 0.285 e. The maximum absolute atomic E-state index is 12.7. The standard InChI is InChI=1S/C19H14ClN3O2/c20-18-14(10-13-6-4-5-9-16(13)21-18)11-23-17(24)12-22(19(23)25)15-7-2-1-3-8-15/h1-10H,11-12H2. The second-order valence-electron chi connectivity index (χ2n) is 5.82. The van der Waals surface area contributed by atoms with Crippen molar-refractivity contribution < 1.29 is 9.59 Å². The van der Waals surface area contributed by atoms with E-state index in [1.807, 2.05) is 48.5 Å². The SMILES string of the molecule is O=C1CN(c2ccccc2)C(=O)N1Cc1cc2ccccc2nc1Cl. The number of benzene rings is 2. The Morgan fingerprint density at radius 2 is 1.72 bits per heavy atom. The highest BCUT2D eigenvalue weighted by Crippen LogP contribution is 2.26. The Labute approximate surface area is 149 Å². The van der Waals surface area contributed by atoms with Crippen molar-refractivity contribution in [2.24, 2.45) is 0 Å². The van der Waals surface area contributed by atoms with Crippen LogP contribution in [0, 0.1) is 0 Å². The quantitative estimate of drug-likeness (QED) is 0.532. The van der Waals surface area contributed by atoms with Crippen LogP contribution in [0.25, 0.3) is 10.9 Å². The van der Waals surface area contributed by atoms with Gasteiger partial charge in [-0.15, -0.1) is 0 Å². The number of hydrogen-bond donors (Lipinski definition) is 0. The summed E-state index contributed by atoms with van der Waals surface area (Å²) in [7, 11) is 0. The predicted octanol–water partition coefficient (Wildman–Crippen LogP) is 3.86. The van der Waals surface area contributed by atoms with Crippen molar-refractivity contribution in [2.75, 3.05) is 11.4 Å². The molecule has 1 aromatic heterocycles.